The molecule has 0 saturated carbocycles. The molecule has 0 aliphatic carbocycles. The lowest BCUT2D eigenvalue weighted by molar-refractivity contribution is 0.0971. The Morgan fingerprint density at radius 3 is 2.77 bits per heavy atom. The number of rotatable bonds is 4. The molecule has 1 heterocycles. The standard InChI is InChI=1S/C10H15NOS/c1-7(2)8(11)6-9(12)10-4-3-5-13-10/h3-5,7-8H,6,11H2,1-2H3. The van der Waals surface area contributed by atoms with Crippen LogP contribution in [-0.4, -0.2) is 11.8 Å². The van der Waals surface area contributed by atoms with Gasteiger partial charge in [-0.2, -0.15) is 0 Å². The van der Waals surface area contributed by atoms with Crippen LogP contribution in [0, 0.1) is 5.92 Å². The second kappa shape index (κ2) is 4.53. The lowest BCUT2D eigenvalue weighted by Gasteiger charge is -2.13. The van der Waals surface area contributed by atoms with E-state index in [1.807, 2.05) is 31.4 Å². The van der Waals surface area contributed by atoms with Crippen LogP contribution in [0.4, 0.5) is 0 Å². The van der Waals surface area contributed by atoms with E-state index in [2.05, 4.69) is 0 Å². The van der Waals surface area contributed by atoms with Crippen LogP contribution >= 0.6 is 11.3 Å². The number of ketones is 1. The summed E-state index contributed by atoms with van der Waals surface area (Å²) in [6.45, 7) is 4.07. The van der Waals surface area contributed by atoms with Crippen molar-refractivity contribution in [2.24, 2.45) is 11.7 Å². The second-order valence-corrected chi connectivity index (χ2v) is 4.46. The summed E-state index contributed by atoms with van der Waals surface area (Å²) in [5.41, 5.74) is 5.81. The maximum atomic E-state index is 11.6. The summed E-state index contributed by atoms with van der Waals surface area (Å²) in [6, 6.07) is 3.72. The average Bonchev–Trinajstić information content (AvgIpc) is 2.55. The van der Waals surface area contributed by atoms with Gasteiger partial charge in [0.15, 0.2) is 5.78 Å². The van der Waals surface area contributed by atoms with Gasteiger partial charge in [0.1, 0.15) is 0 Å². The number of hydrogen-bond donors (Lipinski definition) is 1. The first-order valence-electron chi connectivity index (χ1n) is 4.43. The minimum atomic E-state index is -0.0189. The van der Waals surface area contributed by atoms with Gasteiger partial charge in [0.25, 0.3) is 0 Å². The number of nitrogens with two attached hydrogens (primary N) is 1. The van der Waals surface area contributed by atoms with Gasteiger partial charge in [0.05, 0.1) is 4.88 Å². The highest BCUT2D eigenvalue weighted by Crippen LogP contribution is 2.14. The summed E-state index contributed by atoms with van der Waals surface area (Å²) < 4.78 is 0. The summed E-state index contributed by atoms with van der Waals surface area (Å²) in [5.74, 6) is 0.528. The molecule has 1 unspecified atom stereocenters. The number of thiophene rings is 1. The lowest BCUT2D eigenvalue weighted by Crippen LogP contribution is -2.29. The molecule has 3 heteroatoms. The van der Waals surface area contributed by atoms with Crippen LogP contribution in [0.2, 0.25) is 0 Å². The van der Waals surface area contributed by atoms with Gasteiger partial charge in [-0.1, -0.05) is 19.9 Å². The quantitative estimate of drug-likeness (QED) is 0.753. The van der Waals surface area contributed by atoms with E-state index in [4.69, 9.17) is 5.73 Å². The molecule has 0 spiro atoms. The summed E-state index contributed by atoms with van der Waals surface area (Å²) in [4.78, 5) is 12.4. The zero-order chi connectivity index (χ0) is 9.84. The lowest BCUT2D eigenvalue weighted by atomic mass is 9.99. The fourth-order valence-corrected chi connectivity index (χ4v) is 1.66. The van der Waals surface area contributed by atoms with Gasteiger partial charge < -0.3 is 5.73 Å². The van der Waals surface area contributed by atoms with E-state index in [0.717, 1.165) is 4.88 Å². The molecule has 0 bridgehead atoms. The first-order chi connectivity index (χ1) is 6.11. The van der Waals surface area contributed by atoms with E-state index in [1.165, 1.54) is 11.3 Å². The molecule has 1 aromatic heterocycles. The molecule has 0 saturated heterocycles. The molecule has 2 N–H and O–H groups in total. The maximum absolute atomic E-state index is 11.6. The largest absolute Gasteiger partial charge is 0.327 e. The summed E-state index contributed by atoms with van der Waals surface area (Å²) in [7, 11) is 0. The van der Waals surface area contributed by atoms with E-state index in [1.54, 1.807) is 0 Å². The molecular weight excluding hydrogens is 182 g/mol. The predicted octanol–water partition coefficient (Wildman–Crippen LogP) is 2.30. The normalized spacial score (nSPS) is 13.2. The zero-order valence-corrected chi connectivity index (χ0v) is 8.80. The fourth-order valence-electron chi connectivity index (χ4n) is 0.988. The molecule has 13 heavy (non-hydrogen) atoms. The Balaban J connectivity index is 2.52. The summed E-state index contributed by atoms with van der Waals surface area (Å²) in [5, 5.41) is 1.91. The van der Waals surface area contributed by atoms with Gasteiger partial charge in [0, 0.05) is 12.5 Å². The Kier molecular flexibility index (Phi) is 3.63. The number of carbonyl (C=O) groups is 1. The summed E-state index contributed by atoms with van der Waals surface area (Å²) in [6.07, 6.45) is 0.457. The Hall–Kier alpha value is -0.670. The monoisotopic (exact) mass is 197 g/mol. The third-order valence-corrected chi connectivity index (χ3v) is 2.98. The molecular formula is C10H15NOS. The molecule has 0 fully saturated rings. The maximum Gasteiger partial charge on any atom is 0.174 e. The van der Waals surface area contributed by atoms with Crippen molar-refractivity contribution in [2.45, 2.75) is 26.3 Å². The van der Waals surface area contributed by atoms with Crippen molar-refractivity contribution in [1.82, 2.24) is 0 Å². The molecule has 0 aliphatic rings. The highest BCUT2D eigenvalue weighted by Gasteiger charge is 2.14. The third kappa shape index (κ3) is 2.94. The van der Waals surface area contributed by atoms with E-state index in [0.29, 0.717) is 12.3 Å². The van der Waals surface area contributed by atoms with Gasteiger partial charge in [-0.15, -0.1) is 11.3 Å². The van der Waals surface area contributed by atoms with Crippen molar-refractivity contribution in [1.29, 1.82) is 0 Å². The Morgan fingerprint density at radius 1 is 1.62 bits per heavy atom. The smallest absolute Gasteiger partial charge is 0.174 e. The van der Waals surface area contributed by atoms with Crippen molar-refractivity contribution in [3.8, 4) is 0 Å². The van der Waals surface area contributed by atoms with Gasteiger partial charge in [-0.3, -0.25) is 4.79 Å². The molecule has 2 nitrogen and oxygen atoms in total. The molecule has 0 aliphatic heterocycles. The zero-order valence-electron chi connectivity index (χ0n) is 7.99. The van der Waals surface area contributed by atoms with E-state index < -0.39 is 0 Å². The number of hydrogen-bond acceptors (Lipinski definition) is 3. The van der Waals surface area contributed by atoms with Crippen molar-refractivity contribution in [3.63, 3.8) is 0 Å². The predicted molar refractivity (Wildman–Crippen MR) is 56.1 cm³/mol. The molecule has 0 amide bonds. The first kappa shape index (κ1) is 10.4. The van der Waals surface area contributed by atoms with Gasteiger partial charge >= 0.3 is 0 Å². The highest BCUT2D eigenvalue weighted by atomic mass is 32.1. The molecule has 72 valence electrons. The fraction of sp³-hybridized carbons (Fsp3) is 0.500. The topological polar surface area (TPSA) is 43.1 Å². The molecule has 0 radical (unpaired) electrons. The van der Waals surface area contributed by atoms with Gasteiger partial charge in [-0.05, 0) is 17.4 Å². The SMILES string of the molecule is CC(C)C(N)CC(=O)c1cccs1. The highest BCUT2D eigenvalue weighted by molar-refractivity contribution is 7.12. The van der Waals surface area contributed by atoms with Crippen LogP contribution in [0.1, 0.15) is 29.9 Å². The molecule has 0 aromatic carbocycles. The van der Waals surface area contributed by atoms with Crippen molar-refractivity contribution >= 4 is 17.1 Å². The minimum Gasteiger partial charge on any atom is -0.327 e. The Labute approximate surface area is 82.8 Å². The Morgan fingerprint density at radius 2 is 2.31 bits per heavy atom. The van der Waals surface area contributed by atoms with E-state index >= 15 is 0 Å². The summed E-state index contributed by atoms with van der Waals surface area (Å²) >= 11 is 1.48. The van der Waals surface area contributed by atoms with Crippen LogP contribution < -0.4 is 5.73 Å². The molecule has 1 atom stereocenters. The van der Waals surface area contributed by atoms with Crippen LogP contribution in [0.25, 0.3) is 0 Å². The van der Waals surface area contributed by atoms with Crippen molar-refractivity contribution in [2.75, 3.05) is 0 Å². The average molecular weight is 197 g/mol. The van der Waals surface area contributed by atoms with Crippen LogP contribution in [0.5, 0.6) is 0 Å². The minimum absolute atomic E-state index is 0.0189. The second-order valence-electron chi connectivity index (χ2n) is 3.51. The number of Topliss-reactive ketones (excluding diaryl/α,β-unsaturated/α-hetero) is 1. The van der Waals surface area contributed by atoms with Gasteiger partial charge in [0.2, 0.25) is 0 Å². The van der Waals surface area contributed by atoms with Crippen molar-refractivity contribution < 1.29 is 4.79 Å². The molecule has 1 aromatic rings. The molecule has 1 rings (SSSR count). The van der Waals surface area contributed by atoms with Crippen molar-refractivity contribution in [3.05, 3.63) is 22.4 Å². The third-order valence-electron chi connectivity index (χ3n) is 2.07. The van der Waals surface area contributed by atoms with Crippen LogP contribution in [-0.2, 0) is 0 Å². The Bertz CT molecular complexity index is 266. The van der Waals surface area contributed by atoms with Gasteiger partial charge in [-0.25, -0.2) is 0 Å². The first-order valence-corrected chi connectivity index (χ1v) is 5.31. The number of carbonyl (C=O) groups excluding carboxylic acids is 1. The van der Waals surface area contributed by atoms with E-state index in [9.17, 15) is 4.79 Å². The van der Waals surface area contributed by atoms with Crippen LogP contribution in [0.15, 0.2) is 17.5 Å². The van der Waals surface area contributed by atoms with E-state index in [-0.39, 0.29) is 11.8 Å². The van der Waals surface area contributed by atoms with Crippen LogP contribution in [0.3, 0.4) is 0 Å².